The number of fused-ring (bicyclic) bond motifs is 8. The van der Waals surface area contributed by atoms with Gasteiger partial charge in [0.1, 0.15) is 0 Å². The topological polar surface area (TPSA) is 6.48 Å². The van der Waals surface area contributed by atoms with E-state index in [4.69, 9.17) is 0 Å². The number of para-hydroxylation sites is 2. The van der Waals surface area contributed by atoms with E-state index in [0.717, 1.165) is 47.0 Å². The van der Waals surface area contributed by atoms with Crippen molar-refractivity contribution in [3.8, 4) is 22.3 Å². The number of nitrogens with zero attached hydrogens (tertiary/aromatic N) is 2. The zero-order valence-corrected chi connectivity index (χ0v) is 36.2. The van der Waals surface area contributed by atoms with E-state index in [0.29, 0.717) is 0 Å². The highest BCUT2D eigenvalue weighted by molar-refractivity contribution is 6.25. The second kappa shape index (κ2) is 16.4. The summed E-state index contributed by atoms with van der Waals surface area (Å²) in [5.74, 6) is 0. The molecule has 0 saturated carbocycles. The summed E-state index contributed by atoms with van der Waals surface area (Å²) in [7, 11) is 0. The molecule has 0 heterocycles. The van der Waals surface area contributed by atoms with E-state index in [2.05, 4.69) is 216 Å². The summed E-state index contributed by atoms with van der Waals surface area (Å²) in [6, 6.07) is 76.1. The van der Waals surface area contributed by atoms with Gasteiger partial charge in [0.25, 0.3) is 0 Å². The maximum atomic E-state index is 2.41. The van der Waals surface area contributed by atoms with Gasteiger partial charge in [-0.15, -0.1) is 0 Å². The van der Waals surface area contributed by atoms with Crippen LogP contribution in [0.25, 0.3) is 54.6 Å². The van der Waals surface area contributed by atoms with Crippen LogP contribution in [0.15, 0.2) is 206 Å². The molecule has 2 aliphatic carbocycles. The first-order chi connectivity index (χ1) is 31.8. The molecule has 12 rings (SSSR count). The summed E-state index contributed by atoms with van der Waals surface area (Å²) in [5, 5.41) is 7.67. The fourth-order valence-corrected chi connectivity index (χ4v) is 11.2. The van der Waals surface area contributed by atoms with Crippen LogP contribution in [0.2, 0.25) is 0 Å². The van der Waals surface area contributed by atoms with E-state index in [1.54, 1.807) is 27.8 Å². The lowest BCUT2D eigenvalue weighted by atomic mass is 9.73. The molecule has 0 saturated heterocycles. The first-order valence-corrected chi connectivity index (χ1v) is 23.3. The molecule has 2 aliphatic rings. The molecule has 0 fully saturated rings. The molecule has 0 N–H and O–H groups in total. The molecule has 64 heavy (non-hydrogen) atoms. The predicted molar refractivity (Wildman–Crippen MR) is 272 cm³/mol. The molecule has 0 spiro atoms. The number of hydrogen-bond acceptors (Lipinski definition) is 2. The van der Waals surface area contributed by atoms with Crippen molar-refractivity contribution >= 4 is 66.4 Å². The van der Waals surface area contributed by atoms with Crippen molar-refractivity contribution in [1.29, 1.82) is 0 Å². The molecule has 10 aromatic rings. The molecular weight excluding hydrogens is 773 g/mol. The molecule has 0 radical (unpaired) electrons. The minimum Gasteiger partial charge on any atom is -0.311 e. The SMILES string of the molecule is c1ccc(-c2c3c(c(-c4ccc(N(c5ccccc5)c5ccc(N(c6ccccc6)c6ccc7c8ccccc8c8ccccc8c7c6)cc5)cc4)c4c2CCCC4)CCCC3)cc1. The van der Waals surface area contributed by atoms with Gasteiger partial charge in [0, 0.05) is 34.1 Å². The molecule has 2 heteroatoms. The van der Waals surface area contributed by atoms with Crippen molar-refractivity contribution in [2.24, 2.45) is 0 Å². The zero-order chi connectivity index (χ0) is 42.4. The van der Waals surface area contributed by atoms with Gasteiger partial charge in [0.05, 0.1) is 0 Å². The number of rotatable bonds is 8. The quantitative estimate of drug-likeness (QED) is 0.141. The average molecular weight is 823 g/mol. The Morgan fingerprint density at radius 1 is 0.234 bits per heavy atom. The van der Waals surface area contributed by atoms with Crippen LogP contribution < -0.4 is 9.80 Å². The molecule has 0 bridgehead atoms. The Kier molecular flexibility index (Phi) is 9.79. The Hall–Kier alpha value is -7.42. The van der Waals surface area contributed by atoms with Crippen LogP contribution >= 0.6 is 0 Å². The van der Waals surface area contributed by atoms with Gasteiger partial charge in [0.2, 0.25) is 0 Å². The minimum absolute atomic E-state index is 1.11. The van der Waals surface area contributed by atoms with Gasteiger partial charge in [-0.25, -0.2) is 0 Å². The summed E-state index contributed by atoms with van der Waals surface area (Å²) in [6.45, 7) is 0. The van der Waals surface area contributed by atoms with Crippen LogP contribution in [0, 0.1) is 0 Å². The number of hydrogen-bond donors (Lipinski definition) is 0. The maximum Gasteiger partial charge on any atom is 0.0468 e. The van der Waals surface area contributed by atoms with Gasteiger partial charge in [0.15, 0.2) is 0 Å². The highest BCUT2D eigenvalue weighted by atomic mass is 15.2. The number of anilines is 6. The Morgan fingerprint density at radius 3 is 0.969 bits per heavy atom. The summed E-state index contributed by atoms with van der Waals surface area (Å²) >= 11 is 0. The summed E-state index contributed by atoms with van der Waals surface area (Å²) < 4.78 is 0. The molecule has 308 valence electrons. The van der Waals surface area contributed by atoms with E-state index in [1.165, 1.54) is 87.5 Å². The summed E-state index contributed by atoms with van der Waals surface area (Å²) in [4.78, 5) is 4.79. The molecule has 0 unspecified atom stereocenters. The third kappa shape index (κ3) is 6.64. The lowest BCUT2D eigenvalue weighted by Crippen LogP contribution is -2.15. The van der Waals surface area contributed by atoms with Crippen LogP contribution in [-0.4, -0.2) is 0 Å². The second-order valence-electron chi connectivity index (χ2n) is 17.7. The third-order valence-electron chi connectivity index (χ3n) is 14.0. The van der Waals surface area contributed by atoms with Crippen molar-refractivity contribution < 1.29 is 0 Å². The molecule has 0 atom stereocenters. The lowest BCUT2D eigenvalue weighted by molar-refractivity contribution is 0.662. The van der Waals surface area contributed by atoms with Gasteiger partial charge in [-0.1, -0.05) is 133 Å². The highest BCUT2D eigenvalue weighted by Gasteiger charge is 2.28. The molecular formula is C62H50N2. The van der Waals surface area contributed by atoms with Crippen LogP contribution in [0.3, 0.4) is 0 Å². The van der Waals surface area contributed by atoms with Crippen molar-refractivity contribution in [2.75, 3.05) is 9.80 Å². The first-order valence-electron chi connectivity index (χ1n) is 23.3. The van der Waals surface area contributed by atoms with Gasteiger partial charge in [-0.2, -0.15) is 0 Å². The lowest BCUT2D eigenvalue weighted by Gasteiger charge is -2.32. The monoisotopic (exact) mass is 822 g/mol. The highest BCUT2D eigenvalue weighted by Crippen LogP contribution is 2.47. The van der Waals surface area contributed by atoms with Gasteiger partial charge < -0.3 is 9.80 Å². The van der Waals surface area contributed by atoms with Crippen LogP contribution in [0.4, 0.5) is 34.1 Å². The fourth-order valence-electron chi connectivity index (χ4n) is 11.2. The van der Waals surface area contributed by atoms with Crippen LogP contribution in [-0.2, 0) is 25.7 Å². The van der Waals surface area contributed by atoms with Crippen LogP contribution in [0.1, 0.15) is 47.9 Å². The summed E-state index contributed by atoms with van der Waals surface area (Å²) in [6.07, 6.45) is 9.74. The molecule has 0 amide bonds. The smallest absolute Gasteiger partial charge is 0.0468 e. The third-order valence-corrected chi connectivity index (χ3v) is 14.0. The van der Waals surface area contributed by atoms with E-state index in [1.807, 2.05) is 0 Å². The molecule has 0 aliphatic heterocycles. The van der Waals surface area contributed by atoms with Crippen molar-refractivity contribution in [2.45, 2.75) is 51.4 Å². The Morgan fingerprint density at radius 2 is 0.531 bits per heavy atom. The van der Waals surface area contributed by atoms with E-state index in [-0.39, 0.29) is 0 Å². The molecule has 2 nitrogen and oxygen atoms in total. The second-order valence-corrected chi connectivity index (χ2v) is 17.7. The normalized spacial score (nSPS) is 13.4. The van der Waals surface area contributed by atoms with Crippen molar-refractivity contribution in [3.05, 3.63) is 229 Å². The van der Waals surface area contributed by atoms with Gasteiger partial charge >= 0.3 is 0 Å². The van der Waals surface area contributed by atoms with Crippen molar-refractivity contribution in [1.82, 2.24) is 0 Å². The minimum atomic E-state index is 1.11. The Bertz CT molecular complexity index is 3230. The van der Waals surface area contributed by atoms with Gasteiger partial charge in [-0.3, -0.25) is 0 Å². The van der Waals surface area contributed by atoms with Crippen LogP contribution in [0.5, 0.6) is 0 Å². The maximum absolute atomic E-state index is 2.41. The summed E-state index contributed by atoms with van der Waals surface area (Å²) in [5.41, 5.74) is 19.0. The largest absolute Gasteiger partial charge is 0.311 e. The molecule has 10 aromatic carbocycles. The Labute approximate surface area is 376 Å². The first kappa shape index (κ1) is 38.3. The molecule has 0 aromatic heterocycles. The Balaban J connectivity index is 0.947. The van der Waals surface area contributed by atoms with E-state index < -0.39 is 0 Å². The van der Waals surface area contributed by atoms with Crippen molar-refractivity contribution in [3.63, 3.8) is 0 Å². The zero-order valence-electron chi connectivity index (χ0n) is 36.2. The van der Waals surface area contributed by atoms with E-state index in [9.17, 15) is 0 Å². The number of benzene rings is 10. The predicted octanol–water partition coefficient (Wildman–Crippen LogP) is 17.2. The standard InChI is InChI=1S/C62H50N2/c1-4-18-43(19-5-1)61-56-28-14-16-30-58(56)62(59-31-17-15-29-57(59)61)44-32-34-47(35-33-44)63(45-20-6-2-7-21-45)48-36-38-49(39-37-48)64(46-22-8-3-9-23-46)50-40-41-55-53-26-11-10-24-51(53)52-25-12-13-27-54(52)60(55)42-50/h1-13,18-27,32-42H,14-17,28-31H2. The average Bonchev–Trinajstić information content (AvgIpc) is 3.37. The fraction of sp³-hybridized carbons (Fsp3) is 0.129. The van der Waals surface area contributed by atoms with Gasteiger partial charge in [-0.05, 0) is 201 Å². The van der Waals surface area contributed by atoms with E-state index >= 15 is 0 Å².